The minimum Gasteiger partial charge on any atom is -0.307 e. The molecule has 2 aromatic heterocycles. The van der Waals surface area contributed by atoms with Crippen LogP contribution in [0.5, 0.6) is 0 Å². The molecule has 0 aliphatic rings. The van der Waals surface area contributed by atoms with Crippen molar-refractivity contribution in [3.63, 3.8) is 0 Å². The fraction of sp³-hybridized carbons (Fsp3) is 0. The van der Waals surface area contributed by atoms with Gasteiger partial charge in [-0.2, -0.15) is 0 Å². The van der Waals surface area contributed by atoms with E-state index in [4.69, 9.17) is 0 Å². The Morgan fingerprint density at radius 2 is 0.814 bits per heavy atom. The predicted molar refractivity (Wildman–Crippen MR) is 191 cm³/mol. The molecular formula is C40H23NS2. The van der Waals surface area contributed by atoms with Gasteiger partial charge in [-0.15, -0.1) is 22.7 Å². The molecule has 0 fully saturated rings. The van der Waals surface area contributed by atoms with Gasteiger partial charge >= 0.3 is 0 Å². The van der Waals surface area contributed by atoms with Gasteiger partial charge in [-0.25, -0.2) is 0 Å². The predicted octanol–water partition coefficient (Wildman–Crippen LogP) is 12.8. The normalized spacial score (nSPS) is 12.2. The molecule has 43 heavy (non-hydrogen) atoms. The van der Waals surface area contributed by atoms with Gasteiger partial charge in [0.2, 0.25) is 0 Å². The van der Waals surface area contributed by atoms with Crippen molar-refractivity contribution in [1.82, 2.24) is 0 Å². The smallest absolute Gasteiger partial charge is 0.0641 e. The van der Waals surface area contributed by atoms with Crippen LogP contribution in [0, 0.1) is 0 Å². The van der Waals surface area contributed by atoms with Gasteiger partial charge in [-0.05, 0) is 57.3 Å². The summed E-state index contributed by atoms with van der Waals surface area (Å²) in [6, 6.07) is 51.7. The lowest BCUT2D eigenvalue weighted by molar-refractivity contribution is 1.34. The number of hydrogen-bond acceptors (Lipinski definition) is 3. The lowest BCUT2D eigenvalue weighted by Gasteiger charge is -2.28. The summed E-state index contributed by atoms with van der Waals surface area (Å²) in [6.07, 6.45) is 0. The van der Waals surface area contributed by atoms with Crippen molar-refractivity contribution in [3.8, 4) is 0 Å². The first kappa shape index (κ1) is 23.6. The van der Waals surface area contributed by atoms with Gasteiger partial charge in [-0.3, -0.25) is 0 Å². The minimum atomic E-state index is 1.21. The molecule has 0 aliphatic carbocycles. The molecule has 0 aliphatic heterocycles. The molecule has 3 heteroatoms. The SMILES string of the molecule is c1cc2ccc3ccc(N(c4cccc5c4sc4ccccc45)c4cccc5c4sc4ccccc45)c4ccc(c1)c2c34. The molecule has 0 atom stereocenters. The molecule has 200 valence electrons. The fourth-order valence-electron chi connectivity index (χ4n) is 7.12. The third kappa shape index (κ3) is 3.26. The highest BCUT2D eigenvalue weighted by Crippen LogP contribution is 2.51. The Balaban J connectivity index is 1.37. The van der Waals surface area contributed by atoms with Gasteiger partial charge in [0, 0.05) is 36.3 Å². The highest BCUT2D eigenvalue weighted by Gasteiger charge is 2.23. The van der Waals surface area contributed by atoms with Crippen LogP contribution in [0.4, 0.5) is 17.1 Å². The standard InChI is InChI=1S/C40H23NS2/c1-3-16-35-27(10-1)29-12-6-14-33(39(29)42-35)41(34-15-7-13-30-28-11-2-4-17-36(28)43-40(30)34)32-23-21-26-19-18-24-8-5-9-25-20-22-31(32)38(26)37(24)25/h1-23H. The van der Waals surface area contributed by atoms with Crippen LogP contribution in [0.15, 0.2) is 140 Å². The van der Waals surface area contributed by atoms with Crippen molar-refractivity contribution in [2.75, 3.05) is 4.90 Å². The van der Waals surface area contributed by atoms with E-state index in [-0.39, 0.29) is 0 Å². The maximum Gasteiger partial charge on any atom is 0.0641 e. The maximum atomic E-state index is 2.54. The molecule has 0 saturated heterocycles. The van der Waals surface area contributed by atoms with E-state index >= 15 is 0 Å². The molecule has 0 spiro atoms. The quantitative estimate of drug-likeness (QED) is 0.188. The first-order valence-electron chi connectivity index (χ1n) is 14.6. The second-order valence-corrected chi connectivity index (χ2v) is 13.4. The van der Waals surface area contributed by atoms with E-state index in [1.54, 1.807) is 0 Å². The Hall–Kier alpha value is -4.96. The Morgan fingerprint density at radius 3 is 1.44 bits per heavy atom. The summed E-state index contributed by atoms with van der Waals surface area (Å²) in [5.74, 6) is 0. The van der Waals surface area contributed by atoms with Crippen LogP contribution < -0.4 is 4.90 Å². The van der Waals surface area contributed by atoms with E-state index in [1.165, 1.54) is 89.7 Å². The highest BCUT2D eigenvalue weighted by atomic mass is 32.1. The lowest BCUT2D eigenvalue weighted by Crippen LogP contribution is -2.11. The Morgan fingerprint density at radius 1 is 0.326 bits per heavy atom. The van der Waals surface area contributed by atoms with Crippen LogP contribution in [0.25, 0.3) is 72.7 Å². The molecule has 0 saturated carbocycles. The zero-order chi connectivity index (χ0) is 28.1. The number of fused-ring (bicyclic) bond motifs is 6. The molecule has 8 aromatic carbocycles. The fourth-order valence-corrected chi connectivity index (χ4v) is 9.53. The Bertz CT molecular complexity index is 2560. The molecule has 0 amide bonds. The third-order valence-corrected chi connectivity index (χ3v) is 11.4. The molecule has 1 nitrogen and oxygen atoms in total. The summed E-state index contributed by atoms with van der Waals surface area (Å²) in [6.45, 7) is 0. The van der Waals surface area contributed by atoms with Crippen molar-refractivity contribution < 1.29 is 0 Å². The van der Waals surface area contributed by atoms with Crippen LogP contribution in [0.2, 0.25) is 0 Å². The van der Waals surface area contributed by atoms with Gasteiger partial charge in [0.05, 0.1) is 26.5 Å². The first-order valence-corrected chi connectivity index (χ1v) is 16.2. The topological polar surface area (TPSA) is 3.24 Å². The number of benzene rings is 8. The summed E-state index contributed by atoms with van der Waals surface area (Å²) >= 11 is 3.78. The molecule has 2 heterocycles. The molecule has 10 rings (SSSR count). The van der Waals surface area contributed by atoms with Crippen LogP contribution in [0.1, 0.15) is 0 Å². The third-order valence-electron chi connectivity index (χ3n) is 9.00. The average Bonchev–Trinajstić information content (AvgIpc) is 3.64. The number of hydrogen-bond donors (Lipinski definition) is 0. The molecule has 10 aromatic rings. The molecule has 0 unspecified atom stereocenters. The summed E-state index contributed by atoms with van der Waals surface area (Å²) in [5, 5.41) is 13.1. The second-order valence-electron chi connectivity index (χ2n) is 11.3. The van der Waals surface area contributed by atoms with Gasteiger partial charge in [0.25, 0.3) is 0 Å². The zero-order valence-corrected chi connectivity index (χ0v) is 24.7. The van der Waals surface area contributed by atoms with Crippen LogP contribution in [-0.4, -0.2) is 0 Å². The number of thiophene rings is 2. The molecule has 0 radical (unpaired) electrons. The molecule has 0 bridgehead atoms. The van der Waals surface area contributed by atoms with Crippen molar-refractivity contribution in [3.05, 3.63) is 140 Å². The van der Waals surface area contributed by atoms with E-state index in [0.29, 0.717) is 0 Å². The summed E-state index contributed by atoms with van der Waals surface area (Å²) in [5.41, 5.74) is 3.65. The van der Waals surface area contributed by atoms with E-state index in [0.717, 1.165) is 0 Å². The Labute approximate surface area is 255 Å². The minimum absolute atomic E-state index is 1.21. The van der Waals surface area contributed by atoms with Crippen LogP contribution >= 0.6 is 22.7 Å². The first-order chi connectivity index (χ1) is 21.3. The van der Waals surface area contributed by atoms with E-state index < -0.39 is 0 Å². The van der Waals surface area contributed by atoms with E-state index in [9.17, 15) is 0 Å². The highest BCUT2D eigenvalue weighted by molar-refractivity contribution is 7.27. The van der Waals surface area contributed by atoms with Crippen molar-refractivity contribution in [2.24, 2.45) is 0 Å². The van der Waals surface area contributed by atoms with Crippen LogP contribution in [-0.2, 0) is 0 Å². The van der Waals surface area contributed by atoms with Gasteiger partial charge in [0.15, 0.2) is 0 Å². The maximum absolute atomic E-state index is 2.54. The van der Waals surface area contributed by atoms with Crippen LogP contribution in [0.3, 0.4) is 0 Å². The van der Waals surface area contributed by atoms with E-state index in [2.05, 4.69) is 144 Å². The monoisotopic (exact) mass is 581 g/mol. The van der Waals surface area contributed by atoms with Crippen molar-refractivity contribution >= 4 is 112 Å². The molecule has 0 N–H and O–H groups in total. The second kappa shape index (κ2) is 8.78. The number of nitrogens with zero attached hydrogens (tertiary/aromatic N) is 1. The number of anilines is 3. The van der Waals surface area contributed by atoms with Crippen molar-refractivity contribution in [2.45, 2.75) is 0 Å². The Kier molecular flexibility index (Phi) is 4.81. The molecular weight excluding hydrogens is 559 g/mol. The number of rotatable bonds is 3. The van der Waals surface area contributed by atoms with Gasteiger partial charge < -0.3 is 4.90 Å². The zero-order valence-electron chi connectivity index (χ0n) is 23.0. The van der Waals surface area contributed by atoms with Gasteiger partial charge in [-0.1, -0.05) is 109 Å². The summed E-state index contributed by atoms with van der Waals surface area (Å²) in [7, 11) is 0. The van der Waals surface area contributed by atoms with Gasteiger partial charge in [0.1, 0.15) is 0 Å². The largest absolute Gasteiger partial charge is 0.307 e. The summed E-state index contributed by atoms with van der Waals surface area (Å²) in [4.78, 5) is 2.54. The van der Waals surface area contributed by atoms with E-state index in [1.807, 2.05) is 22.7 Å². The summed E-state index contributed by atoms with van der Waals surface area (Å²) < 4.78 is 5.26. The lowest BCUT2D eigenvalue weighted by atomic mass is 9.93. The van der Waals surface area contributed by atoms with Crippen molar-refractivity contribution in [1.29, 1.82) is 0 Å². The average molecular weight is 582 g/mol.